The molecule has 0 aliphatic carbocycles. The summed E-state index contributed by atoms with van der Waals surface area (Å²) in [6.45, 7) is 2.06. The molecule has 3 rings (SSSR count). The molecule has 6 nitrogen and oxygen atoms in total. The normalized spacial score (nSPS) is 18.4. The molecule has 0 bridgehead atoms. The molecule has 1 fully saturated rings. The molecule has 1 aliphatic heterocycles. The fourth-order valence-electron chi connectivity index (χ4n) is 3.01. The van der Waals surface area contributed by atoms with E-state index < -0.39 is 23.8 Å². The van der Waals surface area contributed by atoms with Crippen molar-refractivity contribution in [3.8, 4) is 0 Å². The maximum atomic E-state index is 12.7. The number of imide groups is 2. The molecule has 0 aromatic heterocycles. The van der Waals surface area contributed by atoms with Crippen LogP contribution in [0, 0.1) is 5.92 Å². The maximum Gasteiger partial charge on any atom is 0.331 e. The lowest BCUT2D eigenvalue weighted by atomic mass is 10.0. The SMILES string of the molecule is C[C@H](CCc1ccccc1)N=CC1C(=O)NC(=O)N(Cc2ccccc2)C1=O. The molecule has 1 aliphatic rings. The van der Waals surface area contributed by atoms with Crippen molar-refractivity contribution in [1.82, 2.24) is 10.2 Å². The Kier molecular flexibility index (Phi) is 6.32. The van der Waals surface area contributed by atoms with Crippen LogP contribution >= 0.6 is 0 Å². The number of hydrogen-bond donors (Lipinski definition) is 1. The molecular formula is C22H23N3O3. The van der Waals surface area contributed by atoms with Crippen LogP contribution in [0.3, 0.4) is 0 Å². The molecule has 0 saturated carbocycles. The monoisotopic (exact) mass is 377 g/mol. The van der Waals surface area contributed by atoms with Gasteiger partial charge in [-0.05, 0) is 30.9 Å². The van der Waals surface area contributed by atoms with Gasteiger partial charge in [0.1, 0.15) is 0 Å². The summed E-state index contributed by atoms with van der Waals surface area (Å²) in [5.41, 5.74) is 2.03. The molecule has 2 aromatic rings. The van der Waals surface area contributed by atoms with Crippen molar-refractivity contribution >= 4 is 24.1 Å². The molecule has 0 radical (unpaired) electrons. The van der Waals surface area contributed by atoms with E-state index in [1.807, 2.05) is 55.5 Å². The van der Waals surface area contributed by atoms with E-state index in [9.17, 15) is 14.4 Å². The Balaban J connectivity index is 1.62. The summed E-state index contributed by atoms with van der Waals surface area (Å²) in [6.07, 6.45) is 3.04. The van der Waals surface area contributed by atoms with Crippen molar-refractivity contribution in [2.45, 2.75) is 32.4 Å². The first kappa shape index (κ1) is 19.5. The number of barbiturate groups is 1. The van der Waals surface area contributed by atoms with Crippen LogP contribution in [-0.2, 0) is 22.6 Å². The summed E-state index contributed by atoms with van der Waals surface area (Å²) in [6, 6.07) is 18.5. The maximum absolute atomic E-state index is 12.7. The van der Waals surface area contributed by atoms with Crippen LogP contribution in [-0.4, -0.2) is 35.0 Å². The Hall–Kier alpha value is -3.28. The van der Waals surface area contributed by atoms with Crippen LogP contribution in [0.15, 0.2) is 65.7 Å². The molecule has 1 heterocycles. The molecule has 4 amide bonds. The Bertz CT molecular complexity index is 865. The van der Waals surface area contributed by atoms with Gasteiger partial charge in [-0.15, -0.1) is 0 Å². The van der Waals surface area contributed by atoms with Crippen molar-refractivity contribution in [2.24, 2.45) is 10.9 Å². The Morgan fingerprint density at radius 2 is 1.61 bits per heavy atom. The number of amides is 4. The predicted molar refractivity (Wildman–Crippen MR) is 107 cm³/mol. The zero-order valence-electron chi connectivity index (χ0n) is 15.7. The standard InChI is InChI=1S/C22H23N3O3/c1-16(12-13-17-8-4-2-5-9-17)23-14-19-20(26)24-22(28)25(21(19)27)15-18-10-6-3-7-11-18/h2-11,14,16,19H,12-13,15H2,1H3,(H,24,26,28)/t16-,19?/m1/s1. The van der Waals surface area contributed by atoms with E-state index in [0.717, 1.165) is 23.3 Å². The van der Waals surface area contributed by atoms with Crippen LogP contribution in [0.5, 0.6) is 0 Å². The first-order chi connectivity index (χ1) is 13.5. The largest absolute Gasteiger partial charge is 0.331 e. The van der Waals surface area contributed by atoms with Gasteiger partial charge in [-0.2, -0.15) is 0 Å². The quantitative estimate of drug-likeness (QED) is 0.595. The Labute approximate surface area is 164 Å². The topological polar surface area (TPSA) is 78.8 Å². The first-order valence-electron chi connectivity index (χ1n) is 9.32. The number of aliphatic imine (C=N–C) groups is 1. The van der Waals surface area contributed by atoms with Gasteiger partial charge in [-0.1, -0.05) is 60.7 Å². The molecule has 1 unspecified atom stereocenters. The summed E-state index contributed by atoms with van der Waals surface area (Å²) in [4.78, 5) is 42.4. The fourth-order valence-corrected chi connectivity index (χ4v) is 3.01. The lowest BCUT2D eigenvalue weighted by molar-refractivity contribution is -0.139. The molecule has 2 atom stereocenters. The molecule has 2 aromatic carbocycles. The second kappa shape index (κ2) is 9.08. The summed E-state index contributed by atoms with van der Waals surface area (Å²) in [5, 5.41) is 2.25. The van der Waals surface area contributed by atoms with Gasteiger partial charge < -0.3 is 0 Å². The second-order valence-electron chi connectivity index (χ2n) is 6.85. The summed E-state index contributed by atoms with van der Waals surface area (Å²) >= 11 is 0. The van der Waals surface area contributed by atoms with Crippen molar-refractivity contribution in [3.05, 3.63) is 71.8 Å². The minimum atomic E-state index is -1.08. The van der Waals surface area contributed by atoms with E-state index in [-0.39, 0.29) is 12.6 Å². The number of carbonyl (C=O) groups is 3. The van der Waals surface area contributed by atoms with Gasteiger partial charge in [0, 0.05) is 12.3 Å². The highest BCUT2D eigenvalue weighted by Crippen LogP contribution is 2.14. The van der Waals surface area contributed by atoms with Gasteiger partial charge in [-0.25, -0.2) is 4.79 Å². The van der Waals surface area contributed by atoms with Gasteiger partial charge in [0.05, 0.1) is 6.54 Å². The van der Waals surface area contributed by atoms with Crippen LogP contribution in [0.4, 0.5) is 4.79 Å². The Morgan fingerprint density at radius 3 is 2.25 bits per heavy atom. The van der Waals surface area contributed by atoms with E-state index in [1.165, 1.54) is 11.8 Å². The molecule has 1 saturated heterocycles. The lowest BCUT2D eigenvalue weighted by Gasteiger charge is -2.28. The van der Waals surface area contributed by atoms with Crippen molar-refractivity contribution in [1.29, 1.82) is 0 Å². The van der Waals surface area contributed by atoms with Gasteiger partial charge in [0.15, 0.2) is 5.92 Å². The number of carbonyl (C=O) groups excluding carboxylic acids is 3. The predicted octanol–water partition coefficient (Wildman–Crippen LogP) is 2.97. The molecule has 0 spiro atoms. The first-order valence-corrected chi connectivity index (χ1v) is 9.32. The summed E-state index contributed by atoms with van der Waals surface area (Å²) in [5.74, 6) is -2.25. The molecule has 28 heavy (non-hydrogen) atoms. The van der Waals surface area contributed by atoms with Crippen LogP contribution in [0.25, 0.3) is 0 Å². The minimum absolute atomic E-state index is 0.0407. The second-order valence-corrected chi connectivity index (χ2v) is 6.85. The smallest absolute Gasteiger partial charge is 0.293 e. The van der Waals surface area contributed by atoms with E-state index in [0.29, 0.717) is 0 Å². The zero-order chi connectivity index (χ0) is 19.9. The third kappa shape index (κ3) is 4.91. The van der Waals surface area contributed by atoms with E-state index >= 15 is 0 Å². The molecule has 144 valence electrons. The fraction of sp³-hybridized carbons (Fsp3) is 0.273. The summed E-state index contributed by atoms with van der Waals surface area (Å²) in [7, 11) is 0. The van der Waals surface area contributed by atoms with Crippen LogP contribution in [0.1, 0.15) is 24.5 Å². The van der Waals surface area contributed by atoms with Gasteiger partial charge in [0.25, 0.3) is 0 Å². The highest BCUT2D eigenvalue weighted by molar-refractivity contribution is 6.23. The highest BCUT2D eigenvalue weighted by atomic mass is 16.2. The van der Waals surface area contributed by atoms with Crippen LogP contribution in [0.2, 0.25) is 0 Å². The highest BCUT2D eigenvalue weighted by Gasteiger charge is 2.39. The van der Waals surface area contributed by atoms with Crippen molar-refractivity contribution in [2.75, 3.05) is 0 Å². The van der Waals surface area contributed by atoms with Crippen molar-refractivity contribution in [3.63, 3.8) is 0 Å². The van der Waals surface area contributed by atoms with Crippen molar-refractivity contribution < 1.29 is 14.4 Å². The van der Waals surface area contributed by atoms with E-state index in [2.05, 4.69) is 22.4 Å². The minimum Gasteiger partial charge on any atom is -0.293 e. The average Bonchev–Trinajstić information content (AvgIpc) is 2.71. The van der Waals surface area contributed by atoms with Gasteiger partial charge >= 0.3 is 6.03 Å². The number of aryl methyl sites for hydroxylation is 1. The number of nitrogens with one attached hydrogen (secondary N) is 1. The molecular weight excluding hydrogens is 354 g/mol. The van der Waals surface area contributed by atoms with Gasteiger partial charge in [0.2, 0.25) is 11.8 Å². The number of hydrogen-bond acceptors (Lipinski definition) is 4. The third-order valence-electron chi connectivity index (χ3n) is 4.66. The van der Waals surface area contributed by atoms with E-state index in [1.54, 1.807) is 0 Å². The number of rotatable bonds is 7. The number of benzene rings is 2. The van der Waals surface area contributed by atoms with Gasteiger partial charge in [-0.3, -0.25) is 24.8 Å². The average molecular weight is 377 g/mol. The molecule has 6 heteroatoms. The van der Waals surface area contributed by atoms with E-state index in [4.69, 9.17) is 0 Å². The Morgan fingerprint density at radius 1 is 1.00 bits per heavy atom. The van der Waals surface area contributed by atoms with Crippen LogP contribution < -0.4 is 5.32 Å². The summed E-state index contributed by atoms with van der Waals surface area (Å²) < 4.78 is 0. The third-order valence-corrected chi connectivity index (χ3v) is 4.66. The molecule has 1 N–H and O–H groups in total. The number of urea groups is 1. The number of nitrogens with zero attached hydrogens (tertiary/aromatic N) is 2. The lowest BCUT2D eigenvalue weighted by Crippen LogP contribution is -2.57. The zero-order valence-corrected chi connectivity index (χ0v) is 15.7.